The summed E-state index contributed by atoms with van der Waals surface area (Å²) in [6, 6.07) is 13.7. The predicted molar refractivity (Wildman–Crippen MR) is 97.7 cm³/mol. The smallest absolute Gasteiger partial charge is 0.251 e. The maximum atomic E-state index is 12.0. The molecule has 7 heteroatoms. The lowest BCUT2D eigenvalue weighted by atomic mass is 10.2. The Hall–Kier alpha value is -3.35. The van der Waals surface area contributed by atoms with Gasteiger partial charge in [0.25, 0.3) is 5.91 Å². The van der Waals surface area contributed by atoms with Gasteiger partial charge in [0, 0.05) is 36.6 Å². The van der Waals surface area contributed by atoms with Crippen LogP contribution in [-0.4, -0.2) is 31.3 Å². The van der Waals surface area contributed by atoms with E-state index < -0.39 is 0 Å². The van der Waals surface area contributed by atoms with Crippen LogP contribution >= 0.6 is 0 Å². The number of hydrogen-bond donors (Lipinski definition) is 4. The van der Waals surface area contributed by atoms with Crippen LogP contribution in [0.25, 0.3) is 0 Å². The van der Waals surface area contributed by atoms with E-state index in [4.69, 9.17) is 0 Å². The van der Waals surface area contributed by atoms with E-state index in [1.807, 2.05) is 0 Å². The van der Waals surface area contributed by atoms with E-state index in [1.165, 1.54) is 6.92 Å². The molecule has 3 amide bonds. The molecule has 2 rings (SSSR count). The van der Waals surface area contributed by atoms with Crippen LogP contribution in [0.15, 0.2) is 48.5 Å². The summed E-state index contributed by atoms with van der Waals surface area (Å²) in [7, 11) is 1.57. The third-order valence-corrected chi connectivity index (χ3v) is 3.32. The Balaban J connectivity index is 1.84. The molecule has 0 bridgehead atoms. The highest BCUT2D eigenvalue weighted by atomic mass is 16.2. The van der Waals surface area contributed by atoms with E-state index >= 15 is 0 Å². The molecule has 2 aromatic rings. The minimum atomic E-state index is -0.206. The SMILES string of the molecule is CNC(=O)c1ccc(NCC(=O)Nc2ccc(NC(C)=O)cc2)cc1. The molecule has 7 nitrogen and oxygen atoms in total. The van der Waals surface area contributed by atoms with Gasteiger partial charge in [-0.25, -0.2) is 0 Å². The molecule has 0 atom stereocenters. The number of amides is 3. The number of carbonyl (C=O) groups excluding carboxylic acids is 3. The highest BCUT2D eigenvalue weighted by molar-refractivity contribution is 5.95. The number of benzene rings is 2. The van der Waals surface area contributed by atoms with Gasteiger partial charge in [0.15, 0.2) is 0 Å². The van der Waals surface area contributed by atoms with Crippen molar-refractivity contribution in [2.45, 2.75) is 6.92 Å². The number of anilines is 3. The van der Waals surface area contributed by atoms with Crippen LogP contribution in [0, 0.1) is 0 Å². The van der Waals surface area contributed by atoms with Gasteiger partial charge in [-0.1, -0.05) is 0 Å². The van der Waals surface area contributed by atoms with Crippen molar-refractivity contribution >= 4 is 34.8 Å². The minimum Gasteiger partial charge on any atom is -0.376 e. The molecular weight excluding hydrogens is 320 g/mol. The zero-order valence-corrected chi connectivity index (χ0v) is 14.1. The molecule has 130 valence electrons. The maximum absolute atomic E-state index is 12.0. The zero-order valence-electron chi connectivity index (χ0n) is 14.1. The van der Waals surface area contributed by atoms with Gasteiger partial charge in [0.1, 0.15) is 0 Å². The highest BCUT2D eigenvalue weighted by Gasteiger charge is 2.05. The largest absolute Gasteiger partial charge is 0.376 e. The number of hydrogen-bond acceptors (Lipinski definition) is 4. The molecule has 0 radical (unpaired) electrons. The second-order valence-electron chi connectivity index (χ2n) is 5.32. The minimum absolute atomic E-state index is 0.0900. The highest BCUT2D eigenvalue weighted by Crippen LogP contribution is 2.14. The Morgan fingerprint density at radius 2 is 1.32 bits per heavy atom. The molecular formula is C18H20N4O3. The third-order valence-electron chi connectivity index (χ3n) is 3.32. The summed E-state index contributed by atoms with van der Waals surface area (Å²) in [6.45, 7) is 1.52. The Morgan fingerprint density at radius 3 is 1.84 bits per heavy atom. The Kier molecular flexibility index (Phi) is 6.11. The first-order valence-corrected chi connectivity index (χ1v) is 7.71. The van der Waals surface area contributed by atoms with E-state index in [2.05, 4.69) is 21.3 Å². The number of rotatable bonds is 6. The van der Waals surface area contributed by atoms with Crippen molar-refractivity contribution in [3.05, 3.63) is 54.1 Å². The van der Waals surface area contributed by atoms with Gasteiger partial charge in [0.2, 0.25) is 11.8 Å². The number of nitrogens with one attached hydrogen (secondary N) is 4. The third kappa shape index (κ3) is 5.65. The Morgan fingerprint density at radius 1 is 0.800 bits per heavy atom. The molecule has 0 spiro atoms. The average Bonchev–Trinajstić information content (AvgIpc) is 2.61. The summed E-state index contributed by atoms with van der Waals surface area (Å²) in [4.78, 5) is 34.4. The summed E-state index contributed by atoms with van der Waals surface area (Å²) in [5, 5.41) is 10.9. The van der Waals surface area contributed by atoms with Crippen LogP contribution in [0.3, 0.4) is 0 Å². The first kappa shape index (κ1) is 18.0. The van der Waals surface area contributed by atoms with Crippen molar-refractivity contribution in [1.82, 2.24) is 5.32 Å². The molecule has 25 heavy (non-hydrogen) atoms. The summed E-state index contributed by atoms with van der Waals surface area (Å²) < 4.78 is 0. The first-order chi connectivity index (χ1) is 12.0. The summed E-state index contributed by atoms with van der Waals surface area (Å²) in [5.74, 6) is -0.516. The standard InChI is InChI=1S/C18H20N4O3/c1-12(23)21-15-7-9-16(10-8-15)22-17(24)11-20-14-5-3-13(4-6-14)18(25)19-2/h3-10,20H,11H2,1-2H3,(H,19,25)(H,21,23)(H,22,24). The molecule has 0 aliphatic rings. The molecule has 0 aromatic heterocycles. The van der Waals surface area contributed by atoms with E-state index in [-0.39, 0.29) is 24.3 Å². The molecule has 0 aliphatic carbocycles. The fourth-order valence-electron chi connectivity index (χ4n) is 2.11. The van der Waals surface area contributed by atoms with E-state index in [0.29, 0.717) is 16.9 Å². The predicted octanol–water partition coefficient (Wildman–Crippen LogP) is 2.06. The fraction of sp³-hybridized carbons (Fsp3) is 0.167. The molecule has 4 N–H and O–H groups in total. The Bertz CT molecular complexity index is 755. The fourth-order valence-corrected chi connectivity index (χ4v) is 2.11. The monoisotopic (exact) mass is 340 g/mol. The van der Waals surface area contributed by atoms with Gasteiger partial charge in [0.05, 0.1) is 6.54 Å². The second kappa shape index (κ2) is 8.49. The molecule has 0 unspecified atom stereocenters. The Labute approximate surface area is 145 Å². The van der Waals surface area contributed by atoms with Gasteiger partial charge >= 0.3 is 0 Å². The summed E-state index contributed by atoms with van der Waals surface area (Å²) >= 11 is 0. The van der Waals surface area contributed by atoms with E-state index in [0.717, 1.165) is 5.69 Å². The molecule has 0 saturated heterocycles. The van der Waals surface area contributed by atoms with Crippen LogP contribution in [-0.2, 0) is 9.59 Å². The molecule has 0 aliphatic heterocycles. The second-order valence-corrected chi connectivity index (χ2v) is 5.32. The van der Waals surface area contributed by atoms with E-state index in [1.54, 1.807) is 55.6 Å². The van der Waals surface area contributed by atoms with E-state index in [9.17, 15) is 14.4 Å². The normalized spacial score (nSPS) is 9.84. The summed E-state index contributed by atoms with van der Waals surface area (Å²) in [5.41, 5.74) is 2.59. The van der Waals surface area contributed by atoms with Crippen molar-refractivity contribution in [3.8, 4) is 0 Å². The van der Waals surface area contributed by atoms with Crippen LogP contribution < -0.4 is 21.3 Å². The van der Waals surface area contributed by atoms with Crippen molar-refractivity contribution in [2.24, 2.45) is 0 Å². The van der Waals surface area contributed by atoms with Gasteiger partial charge in [-0.2, -0.15) is 0 Å². The van der Waals surface area contributed by atoms with Crippen molar-refractivity contribution in [1.29, 1.82) is 0 Å². The van der Waals surface area contributed by atoms with Gasteiger partial charge in [-0.05, 0) is 48.5 Å². The topological polar surface area (TPSA) is 99.3 Å². The molecule has 2 aromatic carbocycles. The molecule has 0 fully saturated rings. The van der Waals surface area contributed by atoms with Crippen molar-refractivity contribution in [2.75, 3.05) is 29.5 Å². The van der Waals surface area contributed by atoms with Crippen LogP contribution in [0.5, 0.6) is 0 Å². The lowest BCUT2D eigenvalue weighted by molar-refractivity contribution is -0.115. The molecule has 0 saturated carbocycles. The van der Waals surface area contributed by atoms with Crippen LogP contribution in [0.2, 0.25) is 0 Å². The summed E-state index contributed by atoms with van der Waals surface area (Å²) in [6.07, 6.45) is 0. The van der Waals surface area contributed by atoms with Crippen molar-refractivity contribution < 1.29 is 14.4 Å². The lowest BCUT2D eigenvalue weighted by Gasteiger charge is -2.09. The maximum Gasteiger partial charge on any atom is 0.251 e. The van der Waals surface area contributed by atoms with Gasteiger partial charge in [-0.15, -0.1) is 0 Å². The van der Waals surface area contributed by atoms with Crippen LogP contribution in [0.4, 0.5) is 17.1 Å². The van der Waals surface area contributed by atoms with Gasteiger partial charge in [-0.3, -0.25) is 14.4 Å². The first-order valence-electron chi connectivity index (χ1n) is 7.71. The van der Waals surface area contributed by atoms with Crippen molar-refractivity contribution in [3.63, 3.8) is 0 Å². The lowest BCUT2D eigenvalue weighted by Crippen LogP contribution is -2.22. The quantitative estimate of drug-likeness (QED) is 0.647. The average molecular weight is 340 g/mol. The molecule has 0 heterocycles. The van der Waals surface area contributed by atoms with Crippen LogP contribution in [0.1, 0.15) is 17.3 Å². The van der Waals surface area contributed by atoms with Gasteiger partial charge < -0.3 is 21.3 Å². The number of carbonyl (C=O) groups is 3. The zero-order chi connectivity index (χ0) is 18.2.